The van der Waals surface area contributed by atoms with Crippen LogP contribution in [0.3, 0.4) is 0 Å². The number of nitrogens with zero attached hydrogens (tertiary/aromatic N) is 1. The molecule has 32 heavy (non-hydrogen) atoms. The summed E-state index contributed by atoms with van der Waals surface area (Å²) >= 11 is 0. The molecule has 2 amide bonds. The lowest BCUT2D eigenvalue weighted by atomic mass is 10.1. The first-order valence-corrected chi connectivity index (χ1v) is 10.1. The van der Waals surface area contributed by atoms with Gasteiger partial charge in [-0.25, -0.2) is 0 Å². The molecule has 0 radical (unpaired) electrons. The lowest BCUT2D eigenvalue weighted by Crippen LogP contribution is -2.34. The zero-order chi connectivity index (χ0) is 23.0. The Bertz CT molecular complexity index is 1020. The number of benzene rings is 3. The Hall–Kier alpha value is -3.61. The van der Waals surface area contributed by atoms with Crippen molar-refractivity contribution in [3.63, 3.8) is 0 Å². The highest BCUT2D eigenvalue weighted by atomic mass is 19.4. The molecular formula is C25H23F3N2O2. The summed E-state index contributed by atoms with van der Waals surface area (Å²) in [7, 11) is 0. The Balaban J connectivity index is 1.62. The fraction of sp³-hybridized carbons (Fsp3) is 0.200. The summed E-state index contributed by atoms with van der Waals surface area (Å²) in [6, 6.07) is 23.1. The van der Waals surface area contributed by atoms with Crippen molar-refractivity contribution in [3.05, 3.63) is 102 Å². The summed E-state index contributed by atoms with van der Waals surface area (Å²) in [6.45, 7) is 0.549. The van der Waals surface area contributed by atoms with E-state index in [1.165, 1.54) is 12.1 Å². The molecular weight excluding hydrogens is 417 g/mol. The van der Waals surface area contributed by atoms with Crippen molar-refractivity contribution in [2.45, 2.75) is 25.6 Å². The molecule has 0 aliphatic heterocycles. The minimum atomic E-state index is -4.43. The largest absolute Gasteiger partial charge is 0.416 e. The predicted octanol–water partition coefficient (Wildman–Crippen LogP) is 5.31. The maximum absolute atomic E-state index is 12.9. The Kier molecular flexibility index (Phi) is 7.65. The first-order valence-electron chi connectivity index (χ1n) is 10.1. The van der Waals surface area contributed by atoms with Crippen molar-refractivity contribution in [3.8, 4) is 0 Å². The first-order chi connectivity index (χ1) is 15.3. The van der Waals surface area contributed by atoms with Gasteiger partial charge in [0.25, 0.3) is 0 Å². The topological polar surface area (TPSA) is 49.4 Å². The summed E-state index contributed by atoms with van der Waals surface area (Å²) in [5, 5.41) is 2.58. The molecule has 166 valence electrons. The fourth-order valence-corrected chi connectivity index (χ4v) is 3.18. The number of carbonyl (C=O) groups excluding carboxylic acids is 2. The number of hydrogen-bond acceptors (Lipinski definition) is 2. The Morgan fingerprint density at radius 2 is 1.34 bits per heavy atom. The number of rotatable bonds is 8. The highest BCUT2D eigenvalue weighted by Gasteiger charge is 2.30. The van der Waals surface area contributed by atoms with Crippen molar-refractivity contribution < 1.29 is 22.8 Å². The van der Waals surface area contributed by atoms with Crippen LogP contribution in [-0.2, 0) is 28.7 Å². The number of alkyl halides is 3. The zero-order valence-electron chi connectivity index (χ0n) is 17.3. The van der Waals surface area contributed by atoms with Gasteiger partial charge in [-0.3, -0.25) is 9.59 Å². The van der Waals surface area contributed by atoms with Crippen LogP contribution in [0.1, 0.15) is 23.1 Å². The molecule has 0 saturated heterocycles. The number of halogens is 3. The van der Waals surface area contributed by atoms with Gasteiger partial charge in [0.2, 0.25) is 11.8 Å². The lowest BCUT2D eigenvalue weighted by molar-refractivity contribution is -0.137. The van der Waals surface area contributed by atoms with Crippen molar-refractivity contribution in [1.29, 1.82) is 0 Å². The Morgan fingerprint density at radius 3 is 1.91 bits per heavy atom. The van der Waals surface area contributed by atoms with E-state index in [4.69, 9.17) is 0 Å². The molecule has 3 rings (SSSR count). The summed E-state index contributed by atoms with van der Waals surface area (Å²) in [5.41, 5.74) is 1.31. The molecule has 4 nitrogen and oxygen atoms in total. The van der Waals surface area contributed by atoms with Crippen LogP contribution in [0.5, 0.6) is 0 Å². The molecule has 0 unspecified atom stereocenters. The van der Waals surface area contributed by atoms with Gasteiger partial charge in [0.05, 0.1) is 12.0 Å². The van der Waals surface area contributed by atoms with Gasteiger partial charge in [-0.15, -0.1) is 0 Å². The standard InChI is InChI=1S/C25H23F3N2O2/c26-25(27,28)21-11-13-22(14-12-21)29-23(31)15-16-30(18-20-9-5-2-6-10-20)24(32)17-19-7-3-1-4-8-19/h1-14H,15-18H2,(H,29,31). The molecule has 0 atom stereocenters. The van der Waals surface area contributed by atoms with E-state index >= 15 is 0 Å². The Labute approximate surface area is 184 Å². The second kappa shape index (κ2) is 10.6. The molecule has 1 N–H and O–H groups in total. The van der Waals surface area contributed by atoms with Gasteiger partial charge in [0.1, 0.15) is 0 Å². The van der Waals surface area contributed by atoms with E-state index in [9.17, 15) is 22.8 Å². The Morgan fingerprint density at radius 1 is 0.781 bits per heavy atom. The van der Waals surface area contributed by atoms with E-state index in [1.54, 1.807) is 4.90 Å². The van der Waals surface area contributed by atoms with E-state index in [0.29, 0.717) is 6.54 Å². The third kappa shape index (κ3) is 6.97. The third-order valence-corrected chi connectivity index (χ3v) is 4.87. The summed E-state index contributed by atoms with van der Waals surface area (Å²) in [5.74, 6) is -0.488. The molecule has 0 heterocycles. The molecule has 7 heteroatoms. The van der Waals surface area contributed by atoms with Crippen molar-refractivity contribution in [1.82, 2.24) is 4.90 Å². The van der Waals surface area contributed by atoms with Crippen LogP contribution in [0.2, 0.25) is 0 Å². The number of carbonyl (C=O) groups is 2. The number of amides is 2. The van der Waals surface area contributed by atoms with Crippen LogP contribution in [0.15, 0.2) is 84.9 Å². The predicted molar refractivity (Wildman–Crippen MR) is 117 cm³/mol. The molecule has 0 aromatic heterocycles. The molecule has 3 aromatic carbocycles. The SMILES string of the molecule is O=C(CCN(Cc1ccccc1)C(=O)Cc1ccccc1)Nc1ccc(C(F)(F)F)cc1. The lowest BCUT2D eigenvalue weighted by Gasteiger charge is -2.23. The summed E-state index contributed by atoms with van der Waals surface area (Å²) in [4.78, 5) is 26.9. The van der Waals surface area contributed by atoms with Crippen molar-refractivity contribution in [2.75, 3.05) is 11.9 Å². The van der Waals surface area contributed by atoms with Gasteiger partial charge in [0.15, 0.2) is 0 Å². The van der Waals surface area contributed by atoms with Gasteiger partial charge in [-0.1, -0.05) is 60.7 Å². The molecule has 0 aliphatic carbocycles. The number of nitrogens with one attached hydrogen (secondary N) is 1. The van der Waals surface area contributed by atoms with Gasteiger partial charge in [-0.2, -0.15) is 13.2 Å². The monoisotopic (exact) mass is 440 g/mol. The van der Waals surface area contributed by atoms with Gasteiger partial charge in [0, 0.05) is 25.2 Å². The fourth-order valence-electron chi connectivity index (χ4n) is 3.18. The van der Waals surface area contributed by atoms with Gasteiger partial charge < -0.3 is 10.2 Å². The second-order valence-electron chi connectivity index (χ2n) is 7.34. The summed E-state index contributed by atoms with van der Waals surface area (Å²) in [6.07, 6.45) is -4.19. The first kappa shape index (κ1) is 23.1. The van der Waals surface area contributed by atoms with Crippen LogP contribution in [0.4, 0.5) is 18.9 Å². The molecule has 0 spiro atoms. The van der Waals surface area contributed by atoms with Crippen LogP contribution >= 0.6 is 0 Å². The highest BCUT2D eigenvalue weighted by molar-refractivity contribution is 5.91. The molecule has 0 aliphatic rings. The zero-order valence-corrected chi connectivity index (χ0v) is 17.3. The van der Waals surface area contributed by atoms with Crippen LogP contribution < -0.4 is 5.32 Å². The van der Waals surface area contributed by atoms with E-state index in [0.717, 1.165) is 23.3 Å². The minimum Gasteiger partial charge on any atom is -0.338 e. The van der Waals surface area contributed by atoms with Crippen LogP contribution in [-0.4, -0.2) is 23.3 Å². The van der Waals surface area contributed by atoms with Gasteiger partial charge >= 0.3 is 6.18 Å². The van der Waals surface area contributed by atoms with Crippen molar-refractivity contribution >= 4 is 17.5 Å². The highest BCUT2D eigenvalue weighted by Crippen LogP contribution is 2.29. The normalized spacial score (nSPS) is 11.1. The van der Waals surface area contributed by atoms with Crippen LogP contribution in [0, 0.1) is 0 Å². The number of hydrogen-bond donors (Lipinski definition) is 1. The van der Waals surface area contributed by atoms with Crippen LogP contribution in [0.25, 0.3) is 0 Å². The third-order valence-electron chi connectivity index (χ3n) is 4.87. The average molecular weight is 440 g/mol. The molecule has 0 saturated carbocycles. The van der Waals surface area contributed by atoms with Gasteiger partial charge in [-0.05, 0) is 35.4 Å². The molecule has 0 fully saturated rings. The smallest absolute Gasteiger partial charge is 0.338 e. The average Bonchev–Trinajstić information content (AvgIpc) is 2.77. The molecule has 3 aromatic rings. The maximum atomic E-state index is 12.9. The summed E-state index contributed by atoms with van der Waals surface area (Å²) < 4.78 is 38.0. The van der Waals surface area contributed by atoms with E-state index < -0.39 is 11.7 Å². The van der Waals surface area contributed by atoms with E-state index in [2.05, 4.69) is 5.32 Å². The van der Waals surface area contributed by atoms with E-state index in [-0.39, 0.29) is 36.9 Å². The number of anilines is 1. The van der Waals surface area contributed by atoms with Crippen molar-refractivity contribution in [2.24, 2.45) is 0 Å². The maximum Gasteiger partial charge on any atom is 0.416 e. The minimum absolute atomic E-state index is 0.0222. The second-order valence-corrected chi connectivity index (χ2v) is 7.34. The quantitative estimate of drug-likeness (QED) is 0.516. The van der Waals surface area contributed by atoms with E-state index in [1.807, 2.05) is 60.7 Å². The molecule has 0 bridgehead atoms.